The molecule has 2 rings (SSSR count). The second-order valence-electron chi connectivity index (χ2n) is 6.97. The highest BCUT2D eigenvalue weighted by Crippen LogP contribution is 2.33. The smallest absolute Gasteiger partial charge is 0.136 e. The molecule has 25 heavy (non-hydrogen) atoms. The molecule has 0 saturated carbocycles. The molecule has 1 aromatic carbocycles. The minimum absolute atomic E-state index is 0.261. The van der Waals surface area contributed by atoms with Gasteiger partial charge in [-0.1, -0.05) is 32.4 Å². The van der Waals surface area contributed by atoms with E-state index in [0.717, 1.165) is 36.9 Å². The number of hydrogen-bond acceptors (Lipinski definition) is 2. The molecule has 0 amide bonds. The maximum atomic E-state index is 13.7. The van der Waals surface area contributed by atoms with Crippen LogP contribution in [0.15, 0.2) is 48.8 Å². The fourth-order valence-electron chi connectivity index (χ4n) is 3.43. The van der Waals surface area contributed by atoms with Gasteiger partial charge < -0.3 is 10.1 Å². The van der Waals surface area contributed by atoms with E-state index in [2.05, 4.69) is 39.2 Å². The van der Waals surface area contributed by atoms with Gasteiger partial charge in [0.25, 0.3) is 0 Å². The van der Waals surface area contributed by atoms with Crippen LogP contribution in [0, 0.1) is 11.7 Å². The van der Waals surface area contributed by atoms with Crippen molar-refractivity contribution in [2.75, 3.05) is 0 Å². The van der Waals surface area contributed by atoms with E-state index >= 15 is 0 Å². The molecule has 0 radical (unpaired) electrons. The Bertz CT molecular complexity index is 662. The first-order valence-corrected chi connectivity index (χ1v) is 9.23. The molecule has 0 spiro atoms. The van der Waals surface area contributed by atoms with Gasteiger partial charge in [-0.2, -0.15) is 0 Å². The Morgan fingerprint density at radius 1 is 1.28 bits per heavy atom. The van der Waals surface area contributed by atoms with Gasteiger partial charge in [-0.25, -0.2) is 4.39 Å². The predicted molar refractivity (Wildman–Crippen MR) is 104 cm³/mol. The van der Waals surface area contributed by atoms with Crippen molar-refractivity contribution in [3.8, 4) is 5.75 Å². The van der Waals surface area contributed by atoms with Crippen LogP contribution >= 0.6 is 0 Å². The minimum Gasteiger partial charge on any atom is -0.457 e. The molecule has 0 fully saturated rings. The third-order valence-corrected chi connectivity index (χ3v) is 4.73. The number of benzene rings is 1. The first-order chi connectivity index (χ1) is 11.9. The molecule has 136 valence electrons. The minimum atomic E-state index is -0.261. The molecule has 1 aliphatic rings. The summed E-state index contributed by atoms with van der Waals surface area (Å²) in [7, 11) is 0. The Morgan fingerprint density at radius 2 is 2.04 bits per heavy atom. The average molecular weight is 343 g/mol. The van der Waals surface area contributed by atoms with Crippen LogP contribution in [-0.4, -0.2) is 6.04 Å². The van der Waals surface area contributed by atoms with Crippen LogP contribution < -0.4 is 10.1 Å². The van der Waals surface area contributed by atoms with Crippen molar-refractivity contribution in [3.05, 3.63) is 60.1 Å². The zero-order chi connectivity index (χ0) is 18.4. The molecule has 1 heterocycles. The normalized spacial score (nSPS) is 15.7. The summed E-state index contributed by atoms with van der Waals surface area (Å²) in [6.45, 7) is 14.5. The van der Waals surface area contributed by atoms with E-state index in [0.29, 0.717) is 23.5 Å². The van der Waals surface area contributed by atoms with Crippen molar-refractivity contribution in [3.63, 3.8) is 0 Å². The summed E-state index contributed by atoms with van der Waals surface area (Å²) < 4.78 is 19.4. The number of allylic oxidation sites excluding steroid dienone is 2. The summed E-state index contributed by atoms with van der Waals surface area (Å²) in [5.74, 6) is 1.52. The van der Waals surface area contributed by atoms with Crippen LogP contribution in [0.25, 0.3) is 5.70 Å². The van der Waals surface area contributed by atoms with Crippen molar-refractivity contribution < 1.29 is 9.13 Å². The van der Waals surface area contributed by atoms with Crippen molar-refractivity contribution in [1.29, 1.82) is 0 Å². The van der Waals surface area contributed by atoms with Crippen molar-refractivity contribution in [1.82, 2.24) is 5.32 Å². The van der Waals surface area contributed by atoms with E-state index in [9.17, 15) is 4.39 Å². The number of hydrogen-bond donors (Lipinski definition) is 1. The first kappa shape index (κ1) is 19.3. The Morgan fingerprint density at radius 3 is 2.68 bits per heavy atom. The van der Waals surface area contributed by atoms with Crippen molar-refractivity contribution >= 4 is 5.70 Å². The molecule has 1 aliphatic heterocycles. The van der Waals surface area contributed by atoms with Crippen LogP contribution in [0.3, 0.4) is 0 Å². The van der Waals surface area contributed by atoms with Gasteiger partial charge in [-0.15, -0.1) is 6.58 Å². The number of rotatable bonds is 9. The van der Waals surface area contributed by atoms with Crippen LogP contribution in [0.4, 0.5) is 4.39 Å². The Balaban J connectivity index is 2.22. The third kappa shape index (κ3) is 5.22. The molecule has 0 saturated heterocycles. The van der Waals surface area contributed by atoms with Gasteiger partial charge in [0, 0.05) is 23.4 Å². The van der Waals surface area contributed by atoms with E-state index in [4.69, 9.17) is 4.74 Å². The molecule has 2 nitrogen and oxygen atoms in total. The molecule has 1 N–H and O–H groups in total. The topological polar surface area (TPSA) is 21.3 Å². The zero-order valence-corrected chi connectivity index (χ0v) is 15.7. The predicted octanol–water partition coefficient (Wildman–Crippen LogP) is 6.21. The Kier molecular flexibility index (Phi) is 6.86. The molecule has 1 aromatic rings. The summed E-state index contributed by atoms with van der Waals surface area (Å²) >= 11 is 0. The van der Waals surface area contributed by atoms with Crippen molar-refractivity contribution in [2.45, 2.75) is 58.9 Å². The van der Waals surface area contributed by atoms with E-state index < -0.39 is 0 Å². The fourth-order valence-corrected chi connectivity index (χ4v) is 3.43. The van der Waals surface area contributed by atoms with E-state index in [-0.39, 0.29) is 5.82 Å². The number of ether oxygens (including phenoxy) is 1. The number of nitrogens with one attached hydrogen (secondary N) is 1. The van der Waals surface area contributed by atoms with Crippen LogP contribution in [0.1, 0.15) is 58.4 Å². The molecule has 2 atom stereocenters. The summed E-state index contributed by atoms with van der Waals surface area (Å²) in [4.78, 5) is 0. The van der Waals surface area contributed by atoms with Crippen LogP contribution in [-0.2, 0) is 0 Å². The van der Waals surface area contributed by atoms with E-state index in [1.165, 1.54) is 24.1 Å². The van der Waals surface area contributed by atoms with E-state index in [1.54, 1.807) is 6.07 Å². The zero-order valence-electron chi connectivity index (χ0n) is 15.7. The van der Waals surface area contributed by atoms with Gasteiger partial charge in [0.05, 0.1) is 0 Å². The fraction of sp³-hybridized carbons (Fsp3) is 0.455. The van der Waals surface area contributed by atoms with Gasteiger partial charge in [0.15, 0.2) is 0 Å². The summed E-state index contributed by atoms with van der Waals surface area (Å²) in [5, 5.41) is 3.65. The number of fused-ring (bicyclic) bond motifs is 1. The SMILES string of the molecule is C=C(C)CCC(CCC)[C@H](CC)NC1=CC(=C)Oc2ccc(F)cc21. The van der Waals surface area contributed by atoms with Gasteiger partial charge in [0.1, 0.15) is 17.3 Å². The molecule has 3 heteroatoms. The molecule has 0 bridgehead atoms. The lowest BCUT2D eigenvalue weighted by atomic mass is 9.87. The van der Waals surface area contributed by atoms with Crippen molar-refractivity contribution in [2.24, 2.45) is 5.92 Å². The lowest BCUT2D eigenvalue weighted by Gasteiger charge is -2.31. The lowest BCUT2D eigenvalue weighted by molar-refractivity contribution is 0.330. The maximum Gasteiger partial charge on any atom is 0.136 e. The highest BCUT2D eigenvalue weighted by Gasteiger charge is 2.23. The summed E-state index contributed by atoms with van der Waals surface area (Å²) in [5.41, 5.74) is 2.89. The average Bonchev–Trinajstić information content (AvgIpc) is 2.57. The first-order valence-electron chi connectivity index (χ1n) is 9.23. The lowest BCUT2D eigenvalue weighted by Crippen LogP contribution is -2.35. The summed E-state index contributed by atoms with van der Waals surface area (Å²) in [6.07, 6.45) is 7.36. The second-order valence-corrected chi connectivity index (χ2v) is 6.97. The quantitative estimate of drug-likeness (QED) is 0.538. The summed E-state index contributed by atoms with van der Waals surface area (Å²) in [6, 6.07) is 4.93. The molecule has 1 unspecified atom stereocenters. The highest BCUT2D eigenvalue weighted by molar-refractivity contribution is 5.73. The third-order valence-electron chi connectivity index (χ3n) is 4.73. The highest BCUT2D eigenvalue weighted by atomic mass is 19.1. The second kappa shape index (κ2) is 8.89. The van der Waals surface area contributed by atoms with Gasteiger partial charge in [-0.3, -0.25) is 0 Å². The monoisotopic (exact) mass is 343 g/mol. The molecule has 0 aromatic heterocycles. The molecular weight excluding hydrogens is 313 g/mol. The van der Waals surface area contributed by atoms with E-state index in [1.807, 2.05) is 6.08 Å². The Labute approximate surface area is 151 Å². The standard InChI is InChI=1S/C22H30FNO/c1-6-8-17(10-9-15(3)4)20(7-2)24-21-13-16(5)25-22-12-11-18(23)14-19(21)22/h11-14,17,20,24H,3,5-10H2,1-2,4H3/t17?,20-/m0/s1. The van der Waals surface area contributed by atoms with Gasteiger partial charge >= 0.3 is 0 Å². The van der Waals surface area contributed by atoms with Gasteiger partial charge in [0.2, 0.25) is 0 Å². The maximum absolute atomic E-state index is 13.7. The van der Waals surface area contributed by atoms with Crippen LogP contribution in [0.2, 0.25) is 0 Å². The largest absolute Gasteiger partial charge is 0.457 e. The number of halogens is 1. The van der Waals surface area contributed by atoms with Crippen LogP contribution in [0.5, 0.6) is 5.75 Å². The van der Waals surface area contributed by atoms with Gasteiger partial charge in [-0.05, 0) is 56.7 Å². The molecular formula is C22H30FNO. The Hall–Kier alpha value is -2.03. The molecule has 0 aliphatic carbocycles.